The van der Waals surface area contributed by atoms with E-state index in [1.54, 1.807) is 30.3 Å². The van der Waals surface area contributed by atoms with Crippen molar-refractivity contribution in [2.24, 2.45) is 0 Å². The topological polar surface area (TPSA) is 52.6 Å². The van der Waals surface area contributed by atoms with Crippen molar-refractivity contribution in [3.63, 3.8) is 0 Å². The molecule has 26 heavy (non-hydrogen) atoms. The van der Waals surface area contributed by atoms with Crippen LogP contribution in [0.4, 0.5) is 0 Å². The van der Waals surface area contributed by atoms with E-state index in [4.69, 9.17) is 9.47 Å². The van der Waals surface area contributed by atoms with E-state index in [0.717, 1.165) is 12.0 Å². The number of hydrogen-bond donors (Lipinski definition) is 0. The van der Waals surface area contributed by atoms with Crippen LogP contribution in [0.3, 0.4) is 0 Å². The zero-order valence-corrected chi connectivity index (χ0v) is 14.8. The van der Waals surface area contributed by atoms with Crippen LogP contribution in [0.5, 0.6) is 5.75 Å². The average molecular weight is 348 g/mol. The summed E-state index contributed by atoms with van der Waals surface area (Å²) in [5.41, 5.74) is 2.95. The van der Waals surface area contributed by atoms with Gasteiger partial charge in [-0.05, 0) is 56.7 Å². The molecule has 0 fully saturated rings. The SMILES string of the molecule is CC1=CC=C(OC(=O)c2cccc(C(=O)Oc3ccc(C)cc3)c2)CC1. The van der Waals surface area contributed by atoms with E-state index in [1.807, 2.05) is 38.1 Å². The lowest BCUT2D eigenvalue weighted by Crippen LogP contribution is -2.11. The zero-order chi connectivity index (χ0) is 18.5. The molecule has 1 aliphatic rings. The molecule has 3 rings (SSSR count). The van der Waals surface area contributed by atoms with Gasteiger partial charge in [-0.15, -0.1) is 0 Å². The molecule has 0 saturated heterocycles. The average Bonchev–Trinajstić information content (AvgIpc) is 2.65. The van der Waals surface area contributed by atoms with Gasteiger partial charge in [-0.25, -0.2) is 9.59 Å². The highest BCUT2D eigenvalue weighted by Crippen LogP contribution is 2.20. The third-order valence-corrected chi connectivity index (χ3v) is 4.11. The lowest BCUT2D eigenvalue weighted by atomic mass is 10.1. The fourth-order valence-corrected chi connectivity index (χ4v) is 2.53. The van der Waals surface area contributed by atoms with Gasteiger partial charge in [0, 0.05) is 6.42 Å². The summed E-state index contributed by atoms with van der Waals surface area (Å²) in [5, 5.41) is 0. The highest BCUT2D eigenvalue weighted by molar-refractivity contribution is 5.96. The number of carbonyl (C=O) groups is 2. The Morgan fingerprint density at radius 2 is 1.46 bits per heavy atom. The summed E-state index contributed by atoms with van der Waals surface area (Å²) in [5.74, 6) is 0.101. The van der Waals surface area contributed by atoms with Gasteiger partial charge in [-0.2, -0.15) is 0 Å². The lowest BCUT2D eigenvalue weighted by Gasteiger charge is -2.12. The first-order valence-electron chi connectivity index (χ1n) is 8.49. The molecule has 1 aliphatic carbocycles. The number of ether oxygens (including phenoxy) is 2. The van der Waals surface area contributed by atoms with Crippen molar-refractivity contribution < 1.29 is 19.1 Å². The number of benzene rings is 2. The number of carbonyl (C=O) groups excluding carboxylic acids is 2. The van der Waals surface area contributed by atoms with Gasteiger partial charge in [0.15, 0.2) is 0 Å². The number of esters is 2. The Kier molecular flexibility index (Phi) is 5.32. The number of hydrogen-bond acceptors (Lipinski definition) is 4. The molecule has 0 aliphatic heterocycles. The Morgan fingerprint density at radius 3 is 2.08 bits per heavy atom. The molecule has 0 bridgehead atoms. The molecule has 2 aromatic rings. The first kappa shape index (κ1) is 17.7. The quantitative estimate of drug-likeness (QED) is 0.577. The standard InChI is InChI=1S/C22H20O4/c1-15-6-10-19(11-7-15)25-21(23)17-4-3-5-18(14-17)22(24)26-20-12-8-16(2)9-13-20/h3-8,10-12,14H,9,13H2,1-2H3. The second kappa shape index (κ2) is 7.83. The third-order valence-electron chi connectivity index (χ3n) is 4.11. The molecule has 132 valence electrons. The minimum absolute atomic E-state index is 0.299. The maximum atomic E-state index is 12.3. The fourth-order valence-electron chi connectivity index (χ4n) is 2.53. The minimum Gasteiger partial charge on any atom is -0.427 e. The van der Waals surface area contributed by atoms with Crippen LogP contribution in [0.2, 0.25) is 0 Å². The highest BCUT2D eigenvalue weighted by Gasteiger charge is 2.15. The van der Waals surface area contributed by atoms with Crippen LogP contribution >= 0.6 is 0 Å². The molecule has 0 atom stereocenters. The second-order valence-electron chi connectivity index (χ2n) is 6.32. The van der Waals surface area contributed by atoms with Gasteiger partial charge in [0.25, 0.3) is 0 Å². The van der Waals surface area contributed by atoms with Crippen LogP contribution in [-0.4, -0.2) is 11.9 Å². The van der Waals surface area contributed by atoms with Crippen molar-refractivity contribution >= 4 is 11.9 Å². The molecule has 0 amide bonds. The number of aryl methyl sites for hydroxylation is 1. The van der Waals surface area contributed by atoms with Crippen molar-refractivity contribution in [2.75, 3.05) is 0 Å². The summed E-state index contributed by atoms with van der Waals surface area (Å²) in [6.07, 6.45) is 5.33. The molecule has 2 aromatic carbocycles. The lowest BCUT2D eigenvalue weighted by molar-refractivity contribution is 0.0613. The first-order valence-corrected chi connectivity index (χ1v) is 8.49. The number of rotatable bonds is 4. The van der Waals surface area contributed by atoms with Crippen LogP contribution in [0.1, 0.15) is 46.0 Å². The third kappa shape index (κ3) is 4.48. The maximum absolute atomic E-state index is 12.3. The summed E-state index contributed by atoms with van der Waals surface area (Å²) in [6, 6.07) is 13.6. The smallest absolute Gasteiger partial charge is 0.343 e. The maximum Gasteiger partial charge on any atom is 0.343 e. The van der Waals surface area contributed by atoms with Crippen LogP contribution in [0, 0.1) is 6.92 Å². The summed E-state index contributed by atoms with van der Waals surface area (Å²) in [6.45, 7) is 4.00. The van der Waals surface area contributed by atoms with E-state index >= 15 is 0 Å². The van der Waals surface area contributed by atoms with Gasteiger partial charge in [0.1, 0.15) is 11.5 Å². The fraction of sp³-hybridized carbons (Fsp3) is 0.182. The Morgan fingerprint density at radius 1 is 0.808 bits per heavy atom. The highest BCUT2D eigenvalue weighted by atomic mass is 16.5. The minimum atomic E-state index is -0.515. The largest absolute Gasteiger partial charge is 0.427 e. The van der Waals surface area contributed by atoms with E-state index in [2.05, 4.69) is 0 Å². The van der Waals surface area contributed by atoms with E-state index < -0.39 is 11.9 Å². The van der Waals surface area contributed by atoms with Gasteiger partial charge in [0.2, 0.25) is 0 Å². The summed E-state index contributed by atoms with van der Waals surface area (Å²) >= 11 is 0. The Labute approximate surface area is 152 Å². The molecule has 0 radical (unpaired) electrons. The molecule has 0 spiro atoms. The molecule has 4 nitrogen and oxygen atoms in total. The van der Waals surface area contributed by atoms with Crippen molar-refractivity contribution in [3.05, 3.63) is 88.7 Å². The number of allylic oxidation sites excluding steroid dienone is 4. The molecule has 4 heteroatoms. The predicted octanol–water partition coefficient (Wildman–Crippen LogP) is 5.00. The Bertz CT molecular complexity index is 889. The van der Waals surface area contributed by atoms with E-state index in [0.29, 0.717) is 29.1 Å². The van der Waals surface area contributed by atoms with Crippen molar-refractivity contribution in [2.45, 2.75) is 26.7 Å². The van der Waals surface area contributed by atoms with Gasteiger partial charge in [-0.3, -0.25) is 0 Å². The zero-order valence-electron chi connectivity index (χ0n) is 14.8. The molecule has 0 aromatic heterocycles. The summed E-state index contributed by atoms with van der Waals surface area (Å²) in [7, 11) is 0. The second-order valence-corrected chi connectivity index (χ2v) is 6.32. The molecule has 0 heterocycles. The molecule has 0 saturated carbocycles. The predicted molar refractivity (Wildman–Crippen MR) is 99.1 cm³/mol. The van der Waals surface area contributed by atoms with Gasteiger partial charge >= 0.3 is 11.9 Å². The molecule has 0 N–H and O–H groups in total. The normalized spacial score (nSPS) is 13.5. The monoisotopic (exact) mass is 348 g/mol. The van der Waals surface area contributed by atoms with Crippen LogP contribution in [-0.2, 0) is 4.74 Å². The molecular formula is C22H20O4. The molecular weight excluding hydrogens is 328 g/mol. The first-order chi connectivity index (χ1) is 12.5. The van der Waals surface area contributed by atoms with Gasteiger partial charge in [-0.1, -0.05) is 35.4 Å². The van der Waals surface area contributed by atoms with E-state index in [9.17, 15) is 9.59 Å². The van der Waals surface area contributed by atoms with Crippen LogP contribution in [0.15, 0.2) is 72.0 Å². The molecule has 0 unspecified atom stereocenters. The Hall–Kier alpha value is -3.14. The van der Waals surface area contributed by atoms with Gasteiger partial charge < -0.3 is 9.47 Å². The van der Waals surface area contributed by atoms with Crippen LogP contribution < -0.4 is 4.74 Å². The van der Waals surface area contributed by atoms with E-state index in [-0.39, 0.29) is 0 Å². The van der Waals surface area contributed by atoms with Gasteiger partial charge in [0.05, 0.1) is 11.1 Å². The summed E-state index contributed by atoms with van der Waals surface area (Å²) in [4.78, 5) is 24.6. The van der Waals surface area contributed by atoms with Crippen molar-refractivity contribution in [1.29, 1.82) is 0 Å². The van der Waals surface area contributed by atoms with E-state index in [1.165, 1.54) is 11.6 Å². The van der Waals surface area contributed by atoms with Crippen molar-refractivity contribution in [1.82, 2.24) is 0 Å². The van der Waals surface area contributed by atoms with Crippen LogP contribution in [0.25, 0.3) is 0 Å². The van der Waals surface area contributed by atoms with Crippen molar-refractivity contribution in [3.8, 4) is 5.75 Å². The summed E-state index contributed by atoms with van der Waals surface area (Å²) < 4.78 is 10.8. The Balaban J connectivity index is 1.70.